The normalized spacial score (nSPS) is 17.6. The molecule has 0 saturated carbocycles. The van der Waals surface area contributed by atoms with Gasteiger partial charge in [-0.05, 0) is 38.3 Å². The number of esters is 1. The number of carbonyl (C=O) groups is 2. The van der Waals surface area contributed by atoms with Gasteiger partial charge in [-0.2, -0.15) is 0 Å². The summed E-state index contributed by atoms with van der Waals surface area (Å²) in [4.78, 5) is 24.0. The summed E-state index contributed by atoms with van der Waals surface area (Å²) in [6, 6.07) is 6.93. The fourth-order valence-corrected chi connectivity index (χ4v) is 2.25. The van der Waals surface area contributed by atoms with Gasteiger partial charge in [0, 0.05) is 5.92 Å². The van der Waals surface area contributed by atoms with Crippen molar-refractivity contribution in [1.29, 1.82) is 0 Å². The molecule has 0 aromatic heterocycles. The Hall–Kier alpha value is -2.10. The number of ether oxygens (including phenoxy) is 1. The molecule has 0 unspecified atom stereocenters. The van der Waals surface area contributed by atoms with E-state index in [0.717, 1.165) is 19.3 Å². The van der Waals surface area contributed by atoms with Crippen molar-refractivity contribution < 1.29 is 14.3 Å². The standard InChI is InChI=1S/C16H19NO3/c1-2-20-16(19)13-10-6-7-11-14(13)17-15(18)12-8-4-3-5-9-12/h3-4,6-7,10-12H,2,5,8-9H2,1H3,(H,17,18)/t12-/m1/s1. The molecule has 0 bridgehead atoms. The van der Waals surface area contributed by atoms with Crippen molar-refractivity contribution in [1.82, 2.24) is 0 Å². The number of nitrogens with one attached hydrogen (secondary N) is 1. The molecule has 1 aromatic rings. The number of para-hydroxylation sites is 1. The predicted molar refractivity (Wildman–Crippen MR) is 77.5 cm³/mol. The van der Waals surface area contributed by atoms with Gasteiger partial charge in [-0.1, -0.05) is 24.3 Å². The van der Waals surface area contributed by atoms with Gasteiger partial charge in [0.15, 0.2) is 0 Å². The molecule has 1 aliphatic carbocycles. The third kappa shape index (κ3) is 3.47. The van der Waals surface area contributed by atoms with Gasteiger partial charge in [-0.15, -0.1) is 0 Å². The maximum atomic E-state index is 12.2. The molecule has 0 radical (unpaired) electrons. The summed E-state index contributed by atoms with van der Waals surface area (Å²) < 4.78 is 4.99. The third-order valence-electron chi connectivity index (χ3n) is 3.32. The average molecular weight is 273 g/mol. The Kier molecular flexibility index (Phi) is 4.93. The van der Waals surface area contributed by atoms with Gasteiger partial charge in [-0.3, -0.25) is 4.79 Å². The Labute approximate surface area is 118 Å². The number of allylic oxidation sites excluding steroid dienone is 2. The van der Waals surface area contributed by atoms with Crippen LogP contribution in [0.15, 0.2) is 36.4 Å². The second-order valence-corrected chi connectivity index (χ2v) is 4.74. The first kappa shape index (κ1) is 14.3. The van der Waals surface area contributed by atoms with E-state index in [2.05, 4.69) is 11.4 Å². The highest BCUT2D eigenvalue weighted by atomic mass is 16.5. The largest absolute Gasteiger partial charge is 0.462 e. The lowest BCUT2D eigenvalue weighted by Gasteiger charge is -2.18. The maximum absolute atomic E-state index is 12.2. The van der Waals surface area contributed by atoms with Crippen LogP contribution in [-0.2, 0) is 9.53 Å². The molecule has 1 aliphatic rings. The van der Waals surface area contributed by atoms with Crippen LogP contribution in [0.1, 0.15) is 36.5 Å². The van der Waals surface area contributed by atoms with Crippen molar-refractivity contribution in [3.8, 4) is 0 Å². The number of hydrogen-bond donors (Lipinski definition) is 1. The van der Waals surface area contributed by atoms with Gasteiger partial charge >= 0.3 is 5.97 Å². The summed E-state index contributed by atoms with van der Waals surface area (Å²) in [5.74, 6) is -0.465. The van der Waals surface area contributed by atoms with Crippen LogP contribution in [0.2, 0.25) is 0 Å². The lowest BCUT2D eigenvalue weighted by Crippen LogP contribution is -2.24. The fourth-order valence-electron chi connectivity index (χ4n) is 2.25. The monoisotopic (exact) mass is 273 g/mol. The molecule has 106 valence electrons. The van der Waals surface area contributed by atoms with Gasteiger partial charge < -0.3 is 10.1 Å². The first-order valence-corrected chi connectivity index (χ1v) is 6.94. The minimum Gasteiger partial charge on any atom is -0.462 e. The fraction of sp³-hybridized carbons (Fsp3) is 0.375. The zero-order valence-electron chi connectivity index (χ0n) is 11.6. The highest BCUT2D eigenvalue weighted by Crippen LogP contribution is 2.22. The molecule has 20 heavy (non-hydrogen) atoms. The maximum Gasteiger partial charge on any atom is 0.340 e. The second-order valence-electron chi connectivity index (χ2n) is 4.74. The van der Waals surface area contributed by atoms with Gasteiger partial charge in [0.25, 0.3) is 0 Å². The van der Waals surface area contributed by atoms with Crippen molar-refractivity contribution in [2.75, 3.05) is 11.9 Å². The number of benzene rings is 1. The summed E-state index contributed by atoms with van der Waals surface area (Å²) in [6.45, 7) is 2.07. The predicted octanol–water partition coefficient (Wildman–Crippen LogP) is 3.16. The minimum atomic E-state index is -0.410. The van der Waals surface area contributed by atoms with Crippen LogP contribution in [0.25, 0.3) is 0 Å². The average Bonchev–Trinajstić information content (AvgIpc) is 2.49. The topological polar surface area (TPSA) is 55.4 Å². The first-order chi connectivity index (χ1) is 9.72. The molecule has 4 nitrogen and oxygen atoms in total. The van der Waals surface area contributed by atoms with E-state index in [4.69, 9.17) is 4.74 Å². The quantitative estimate of drug-likeness (QED) is 0.677. The summed E-state index contributed by atoms with van der Waals surface area (Å²) >= 11 is 0. The van der Waals surface area contributed by atoms with E-state index in [1.54, 1.807) is 31.2 Å². The number of carbonyl (C=O) groups excluding carboxylic acids is 2. The van der Waals surface area contributed by atoms with Crippen molar-refractivity contribution >= 4 is 17.6 Å². The molecular weight excluding hydrogens is 254 g/mol. The number of hydrogen-bond acceptors (Lipinski definition) is 3. The van der Waals surface area contributed by atoms with Crippen LogP contribution in [0.5, 0.6) is 0 Å². The Morgan fingerprint density at radius 2 is 2.10 bits per heavy atom. The summed E-state index contributed by atoms with van der Waals surface area (Å²) in [7, 11) is 0. The summed E-state index contributed by atoms with van der Waals surface area (Å²) in [6.07, 6.45) is 6.66. The third-order valence-corrected chi connectivity index (χ3v) is 3.32. The number of amides is 1. The van der Waals surface area contributed by atoms with Crippen LogP contribution >= 0.6 is 0 Å². The molecule has 0 heterocycles. The Bertz CT molecular complexity index is 522. The highest BCUT2D eigenvalue weighted by molar-refractivity contribution is 6.01. The van der Waals surface area contributed by atoms with Gasteiger partial charge in [-0.25, -0.2) is 4.79 Å². The zero-order valence-corrected chi connectivity index (χ0v) is 11.6. The molecule has 4 heteroatoms. The Morgan fingerprint density at radius 3 is 2.80 bits per heavy atom. The van der Waals surface area contributed by atoms with Crippen LogP contribution < -0.4 is 5.32 Å². The number of anilines is 1. The van der Waals surface area contributed by atoms with Crippen molar-refractivity contribution in [2.45, 2.75) is 26.2 Å². The minimum absolute atomic E-state index is 0.0183. The molecule has 0 fully saturated rings. The van der Waals surface area contributed by atoms with E-state index in [0.29, 0.717) is 17.9 Å². The molecule has 2 rings (SSSR count). The van der Waals surface area contributed by atoms with Gasteiger partial charge in [0.1, 0.15) is 0 Å². The molecule has 1 amide bonds. The zero-order chi connectivity index (χ0) is 14.4. The molecule has 1 N–H and O–H groups in total. The van der Waals surface area contributed by atoms with E-state index in [1.807, 2.05) is 6.08 Å². The molecule has 0 aliphatic heterocycles. The van der Waals surface area contributed by atoms with Crippen molar-refractivity contribution in [2.24, 2.45) is 5.92 Å². The lowest BCUT2D eigenvalue weighted by molar-refractivity contribution is -0.120. The first-order valence-electron chi connectivity index (χ1n) is 6.94. The van der Waals surface area contributed by atoms with E-state index < -0.39 is 5.97 Å². The van der Waals surface area contributed by atoms with Crippen molar-refractivity contribution in [3.05, 3.63) is 42.0 Å². The molecule has 1 aromatic carbocycles. The second kappa shape index (κ2) is 6.89. The Balaban J connectivity index is 2.10. The van der Waals surface area contributed by atoms with E-state index >= 15 is 0 Å². The van der Waals surface area contributed by atoms with Crippen LogP contribution in [-0.4, -0.2) is 18.5 Å². The van der Waals surface area contributed by atoms with Crippen LogP contribution in [0.4, 0.5) is 5.69 Å². The van der Waals surface area contributed by atoms with Gasteiger partial charge in [0.05, 0.1) is 17.9 Å². The van der Waals surface area contributed by atoms with Crippen LogP contribution in [0, 0.1) is 5.92 Å². The summed E-state index contributed by atoms with van der Waals surface area (Å²) in [5.41, 5.74) is 0.916. The Morgan fingerprint density at radius 1 is 1.30 bits per heavy atom. The molecular formula is C16H19NO3. The van der Waals surface area contributed by atoms with Crippen molar-refractivity contribution in [3.63, 3.8) is 0 Å². The lowest BCUT2D eigenvalue weighted by atomic mass is 9.93. The van der Waals surface area contributed by atoms with E-state index in [1.165, 1.54) is 0 Å². The molecule has 0 spiro atoms. The smallest absolute Gasteiger partial charge is 0.340 e. The highest BCUT2D eigenvalue weighted by Gasteiger charge is 2.21. The van der Waals surface area contributed by atoms with E-state index in [9.17, 15) is 9.59 Å². The molecule has 1 atom stereocenters. The van der Waals surface area contributed by atoms with Crippen LogP contribution in [0.3, 0.4) is 0 Å². The summed E-state index contributed by atoms with van der Waals surface area (Å²) in [5, 5.41) is 2.85. The number of rotatable bonds is 4. The van der Waals surface area contributed by atoms with Gasteiger partial charge in [0.2, 0.25) is 5.91 Å². The molecule has 0 saturated heterocycles. The SMILES string of the molecule is CCOC(=O)c1ccccc1NC(=O)[C@@H]1CC=CCC1. The van der Waals surface area contributed by atoms with E-state index in [-0.39, 0.29) is 11.8 Å².